The van der Waals surface area contributed by atoms with E-state index in [1.807, 2.05) is 17.0 Å². The van der Waals surface area contributed by atoms with Crippen LogP contribution in [0.1, 0.15) is 12.5 Å². The molecule has 1 atom stereocenters. The summed E-state index contributed by atoms with van der Waals surface area (Å²) in [6.07, 6.45) is 4.82. The summed E-state index contributed by atoms with van der Waals surface area (Å²) in [5.74, 6) is 0.896. The number of benzene rings is 1. The van der Waals surface area contributed by atoms with Crippen LogP contribution < -0.4 is 15.5 Å². The third-order valence-corrected chi connectivity index (χ3v) is 5.08. The number of pyridine rings is 1. The minimum atomic E-state index is 0.0461. The smallest absolute Gasteiger partial charge is 0.239 e. The number of rotatable bonds is 6. The summed E-state index contributed by atoms with van der Waals surface area (Å²) >= 11 is 1.78. The van der Waals surface area contributed by atoms with Gasteiger partial charge in [-0.25, -0.2) is 4.98 Å². The van der Waals surface area contributed by atoms with E-state index < -0.39 is 0 Å². The first-order valence-corrected chi connectivity index (χ1v) is 9.75. The molecule has 1 aliphatic rings. The number of aromatic nitrogens is 1. The summed E-state index contributed by atoms with van der Waals surface area (Å²) < 4.78 is 0. The summed E-state index contributed by atoms with van der Waals surface area (Å²) in [5, 5.41) is 6.43. The molecule has 1 amide bonds. The molecule has 0 spiro atoms. The topological polar surface area (TPSA) is 57.3 Å². The van der Waals surface area contributed by atoms with Gasteiger partial charge in [0, 0.05) is 30.2 Å². The lowest BCUT2D eigenvalue weighted by Crippen LogP contribution is -2.48. The fraction of sp³-hybridized carbons (Fsp3) is 0.368. The number of nitrogens with zero attached hydrogens (tertiary/aromatic N) is 2. The lowest BCUT2D eigenvalue weighted by molar-refractivity contribution is -0.120. The molecular formula is C19H24N4OS. The van der Waals surface area contributed by atoms with Crippen molar-refractivity contribution in [1.82, 2.24) is 10.3 Å². The molecule has 0 aliphatic carbocycles. The lowest BCUT2D eigenvalue weighted by atomic mass is 10.1. The van der Waals surface area contributed by atoms with Crippen LogP contribution in [0.5, 0.6) is 0 Å². The molecule has 1 aromatic carbocycles. The van der Waals surface area contributed by atoms with Crippen molar-refractivity contribution in [3.8, 4) is 0 Å². The maximum atomic E-state index is 11.7. The number of amides is 1. The Morgan fingerprint density at radius 3 is 2.96 bits per heavy atom. The molecule has 1 unspecified atom stereocenters. The van der Waals surface area contributed by atoms with Gasteiger partial charge in [0.25, 0.3) is 0 Å². The van der Waals surface area contributed by atoms with Gasteiger partial charge in [0.2, 0.25) is 5.91 Å². The Morgan fingerprint density at radius 2 is 2.16 bits per heavy atom. The highest BCUT2D eigenvalue weighted by Gasteiger charge is 2.20. The lowest BCUT2D eigenvalue weighted by Gasteiger charge is -2.30. The predicted molar refractivity (Wildman–Crippen MR) is 104 cm³/mol. The molecule has 1 fully saturated rings. The predicted octanol–water partition coefficient (Wildman–Crippen LogP) is 2.78. The van der Waals surface area contributed by atoms with Crippen molar-refractivity contribution in [3.05, 3.63) is 48.2 Å². The van der Waals surface area contributed by atoms with Crippen LogP contribution in [0.15, 0.2) is 47.5 Å². The molecule has 0 radical (unpaired) electrons. The highest BCUT2D eigenvalue weighted by molar-refractivity contribution is 7.98. The molecule has 2 aromatic rings. The Labute approximate surface area is 153 Å². The Morgan fingerprint density at radius 1 is 1.32 bits per heavy atom. The zero-order valence-corrected chi connectivity index (χ0v) is 15.5. The Hall–Kier alpha value is -2.21. The number of carbonyl (C=O) groups is 1. The van der Waals surface area contributed by atoms with Gasteiger partial charge in [-0.1, -0.05) is 18.2 Å². The van der Waals surface area contributed by atoms with Gasteiger partial charge < -0.3 is 15.5 Å². The van der Waals surface area contributed by atoms with Crippen LogP contribution in [-0.4, -0.2) is 42.8 Å². The van der Waals surface area contributed by atoms with E-state index in [1.54, 1.807) is 18.0 Å². The second-order valence-corrected chi connectivity index (χ2v) is 7.06. The Kier molecular flexibility index (Phi) is 5.81. The van der Waals surface area contributed by atoms with Gasteiger partial charge in [-0.15, -0.1) is 11.8 Å². The van der Waals surface area contributed by atoms with E-state index in [0.29, 0.717) is 13.1 Å². The average Bonchev–Trinajstić information content (AvgIpc) is 2.62. The van der Waals surface area contributed by atoms with Crippen molar-refractivity contribution in [3.63, 3.8) is 0 Å². The fourth-order valence-corrected chi connectivity index (χ4v) is 3.73. The first kappa shape index (κ1) is 17.6. The van der Waals surface area contributed by atoms with Crippen molar-refractivity contribution in [1.29, 1.82) is 0 Å². The summed E-state index contributed by atoms with van der Waals surface area (Å²) in [6, 6.07) is 12.7. The fourth-order valence-electron chi connectivity index (χ4n) is 3.10. The molecular weight excluding hydrogens is 332 g/mol. The van der Waals surface area contributed by atoms with E-state index in [0.717, 1.165) is 24.5 Å². The molecule has 1 saturated heterocycles. The van der Waals surface area contributed by atoms with E-state index in [2.05, 4.69) is 53.1 Å². The van der Waals surface area contributed by atoms with Gasteiger partial charge in [-0.2, -0.15) is 0 Å². The van der Waals surface area contributed by atoms with Crippen LogP contribution in [-0.2, 0) is 11.2 Å². The second kappa shape index (κ2) is 8.25. The molecule has 6 heteroatoms. The van der Waals surface area contributed by atoms with Crippen molar-refractivity contribution >= 4 is 29.2 Å². The number of piperazine rings is 1. The van der Waals surface area contributed by atoms with Crippen LogP contribution in [0.3, 0.4) is 0 Å². The summed E-state index contributed by atoms with van der Waals surface area (Å²) in [4.78, 5) is 19.5. The molecule has 25 heavy (non-hydrogen) atoms. The molecule has 1 aliphatic heterocycles. The van der Waals surface area contributed by atoms with E-state index in [9.17, 15) is 4.79 Å². The van der Waals surface area contributed by atoms with Gasteiger partial charge >= 0.3 is 0 Å². The van der Waals surface area contributed by atoms with Crippen molar-refractivity contribution in [2.24, 2.45) is 0 Å². The van der Waals surface area contributed by atoms with E-state index in [-0.39, 0.29) is 11.9 Å². The zero-order valence-electron chi connectivity index (χ0n) is 14.7. The summed E-state index contributed by atoms with van der Waals surface area (Å²) in [7, 11) is 0. The molecule has 1 aromatic heterocycles. The van der Waals surface area contributed by atoms with Crippen LogP contribution in [0.25, 0.3) is 0 Å². The minimum absolute atomic E-state index is 0.0461. The van der Waals surface area contributed by atoms with Gasteiger partial charge in [0.05, 0.1) is 12.2 Å². The number of anilines is 2. The second-order valence-electron chi connectivity index (χ2n) is 6.21. The van der Waals surface area contributed by atoms with Crippen LogP contribution >= 0.6 is 11.8 Å². The quantitative estimate of drug-likeness (QED) is 0.780. The Balaban J connectivity index is 1.73. The minimum Gasteiger partial charge on any atom is -0.379 e. The first-order chi connectivity index (χ1) is 12.2. The normalized spacial score (nSPS) is 15.6. The van der Waals surface area contributed by atoms with Crippen LogP contribution in [0.2, 0.25) is 0 Å². The molecule has 2 N–H and O–H groups in total. The third-order valence-electron chi connectivity index (χ3n) is 4.25. The average molecular weight is 356 g/mol. The number of thioether (sulfide) groups is 1. The van der Waals surface area contributed by atoms with Crippen molar-refractivity contribution < 1.29 is 4.79 Å². The molecule has 5 nitrogen and oxygen atoms in total. The molecule has 132 valence electrons. The molecule has 3 rings (SSSR count). The van der Waals surface area contributed by atoms with Crippen LogP contribution in [0, 0.1) is 0 Å². The van der Waals surface area contributed by atoms with E-state index in [4.69, 9.17) is 0 Å². The van der Waals surface area contributed by atoms with Crippen LogP contribution in [0.4, 0.5) is 11.5 Å². The van der Waals surface area contributed by atoms with E-state index >= 15 is 0 Å². The van der Waals surface area contributed by atoms with Crippen molar-refractivity contribution in [2.75, 3.05) is 36.1 Å². The van der Waals surface area contributed by atoms with Gasteiger partial charge in [0.15, 0.2) is 5.82 Å². The van der Waals surface area contributed by atoms with Crippen molar-refractivity contribution in [2.45, 2.75) is 24.3 Å². The molecule has 0 bridgehead atoms. The monoisotopic (exact) mass is 356 g/mol. The Bertz CT molecular complexity index is 737. The van der Waals surface area contributed by atoms with Gasteiger partial charge in [-0.05, 0) is 43.4 Å². The van der Waals surface area contributed by atoms with Gasteiger partial charge in [-0.3, -0.25) is 4.79 Å². The highest BCUT2D eigenvalue weighted by Crippen LogP contribution is 2.26. The maximum Gasteiger partial charge on any atom is 0.239 e. The highest BCUT2D eigenvalue weighted by atomic mass is 32.2. The molecule has 2 heterocycles. The van der Waals surface area contributed by atoms with E-state index in [1.165, 1.54) is 10.5 Å². The first-order valence-electron chi connectivity index (χ1n) is 8.52. The number of carbonyl (C=O) groups excluding carboxylic acids is 1. The number of hydrogen-bond acceptors (Lipinski definition) is 5. The SMILES string of the molecule is CSc1ccccc1CC(C)Nc1cccnc1N1CCNC(=O)C1. The third kappa shape index (κ3) is 4.45. The maximum absolute atomic E-state index is 11.7. The summed E-state index contributed by atoms with van der Waals surface area (Å²) in [6.45, 7) is 3.97. The zero-order chi connectivity index (χ0) is 17.6. The number of hydrogen-bond donors (Lipinski definition) is 2. The largest absolute Gasteiger partial charge is 0.379 e. The number of nitrogens with one attached hydrogen (secondary N) is 2. The molecule has 0 saturated carbocycles. The summed E-state index contributed by atoms with van der Waals surface area (Å²) in [5.41, 5.74) is 2.32. The standard InChI is InChI=1S/C19H24N4OS/c1-14(12-15-6-3-4-8-17(15)25-2)22-16-7-5-9-21-19(16)23-11-10-20-18(24)13-23/h3-9,14,22H,10-13H2,1-2H3,(H,20,24). The van der Waals surface area contributed by atoms with Gasteiger partial charge in [0.1, 0.15) is 0 Å².